The topological polar surface area (TPSA) is 74.3 Å². The van der Waals surface area contributed by atoms with Gasteiger partial charge in [0.25, 0.3) is 5.91 Å². The summed E-state index contributed by atoms with van der Waals surface area (Å²) in [5.41, 5.74) is 0.523. The van der Waals surface area contributed by atoms with Crippen molar-refractivity contribution < 1.29 is 9.59 Å². The van der Waals surface area contributed by atoms with E-state index >= 15 is 0 Å². The van der Waals surface area contributed by atoms with Crippen LogP contribution in [0.15, 0.2) is 18.2 Å². The number of pyridine rings is 1. The predicted molar refractivity (Wildman–Crippen MR) is 112 cm³/mol. The molecule has 3 rings (SSSR count). The van der Waals surface area contributed by atoms with Crippen LogP contribution in [-0.2, 0) is 4.79 Å². The van der Waals surface area contributed by atoms with Crippen LogP contribution in [0.1, 0.15) is 57.9 Å². The molecule has 1 spiro atoms. The molecule has 0 atom stereocenters. The van der Waals surface area contributed by atoms with Crippen molar-refractivity contribution in [3.63, 3.8) is 0 Å². The molecule has 1 aromatic rings. The summed E-state index contributed by atoms with van der Waals surface area (Å²) >= 11 is 5.81. The molecule has 28 heavy (non-hydrogen) atoms. The lowest BCUT2D eigenvalue weighted by Crippen LogP contribution is -2.64. The van der Waals surface area contributed by atoms with Crippen molar-refractivity contribution in [2.75, 3.05) is 26.2 Å². The molecule has 0 radical (unpaired) electrons. The van der Waals surface area contributed by atoms with E-state index in [0.717, 1.165) is 25.9 Å². The Morgan fingerprint density at radius 2 is 1.89 bits per heavy atom. The summed E-state index contributed by atoms with van der Waals surface area (Å²) < 4.78 is 0. The van der Waals surface area contributed by atoms with E-state index in [1.54, 1.807) is 18.2 Å². The zero-order valence-electron chi connectivity index (χ0n) is 17.6. The second-order valence-corrected chi connectivity index (χ2v) is 9.16. The van der Waals surface area contributed by atoms with Crippen molar-refractivity contribution in [1.29, 1.82) is 0 Å². The Morgan fingerprint density at radius 1 is 1.25 bits per heavy atom. The van der Waals surface area contributed by atoms with Crippen LogP contribution in [-0.4, -0.2) is 53.4 Å². The minimum absolute atomic E-state index is 0.0875. The second kappa shape index (κ2) is 9.23. The van der Waals surface area contributed by atoms with Gasteiger partial charge in [-0.25, -0.2) is 4.98 Å². The number of hydrogen-bond donors (Lipinski definition) is 2. The van der Waals surface area contributed by atoms with E-state index < -0.39 is 0 Å². The molecule has 7 heteroatoms. The second-order valence-electron chi connectivity index (χ2n) is 8.77. The Balaban J connectivity index is 0.00000136. The number of rotatable bonds is 5. The van der Waals surface area contributed by atoms with Crippen LogP contribution in [0.25, 0.3) is 0 Å². The number of likely N-dealkylation sites (tertiary alicyclic amines) is 1. The SMILES string of the molecule is CC.CC(C)(C)NC(=O)CN1CC2(CC(CNC(=O)c3cccc(Cl)n3)C2)C1. The van der Waals surface area contributed by atoms with Crippen molar-refractivity contribution in [3.8, 4) is 0 Å². The zero-order valence-corrected chi connectivity index (χ0v) is 18.4. The lowest BCUT2D eigenvalue weighted by Gasteiger charge is -2.59. The first-order chi connectivity index (χ1) is 13.1. The Hall–Kier alpha value is -1.66. The highest BCUT2D eigenvalue weighted by atomic mass is 35.5. The molecule has 1 saturated carbocycles. The van der Waals surface area contributed by atoms with Gasteiger partial charge in [-0.15, -0.1) is 0 Å². The highest BCUT2D eigenvalue weighted by Crippen LogP contribution is 2.51. The molecule has 2 N–H and O–H groups in total. The van der Waals surface area contributed by atoms with E-state index in [0.29, 0.717) is 35.3 Å². The van der Waals surface area contributed by atoms with Gasteiger partial charge in [0.1, 0.15) is 10.8 Å². The molecule has 1 saturated heterocycles. The predicted octanol–water partition coefficient (Wildman–Crippen LogP) is 3.12. The number of nitrogens with zero attached hydrogens (tertiary/aromatic N) is 2. The molecule has 156 valence electrons. The fraction of sp³-hybridized carbons (Fsp3) is 0.667. The van der Waals surface area contributed by atoms with Crippen molar-refractivity contribution in [3.05, 3.63) is 29.0 Å². The van der Waals surface area contributed by atoms with Crippen LogP contribution < -0.4 is 10.6 Å². The largest absolute Gasteiger partial charge is 0.350 e. The van der Waals surface area contributed by atoms with Gasteiger partial charge in [0.05, 0.1) is 6.54 Å². The molecule has 2 amide bonds. The third kappa shape index (κ3) is 6.17. The third-order valence-electron chi connectivity index (χ3n) is 4.94. The summed E-state index contributed by atoms with van der Waals surface area (Å²) in [7, 11) is 0. The number of carbonyl (C=O) groups excluding carboxylic acids is 2. The number of nitrogens with one attached hydrogen (secondary N) is 2. The summed E-state index contributed by atoms with van der Waals surface area (Å²) in [5, 5.41) is 6.27. The summed E-state index contributed by atoms with van der Waals surface area (Å²) in [6, 6.07) is 5.04. The van der Waals surface area contributed by atoms with Crippen LogP contribution in [0.2, 0.25) is 5.15 Å². The molecular formula is C21H33ClN4O2. The maximum Gasteiger partial charge on any atom is 0.269 e. The average Bonchev–Trinajstić information content (AvgIpc) is 2.54. The maximum absolute atomic E-state index is 12.1. The molecule has 6 nitrogen and oxygen atoms in total. The van der Waals surface area contributed by atoms with Gasteiger partial charge in [0.2, 0.25) is 5.91 Å². The third-order valence-corrected chi connectivity index (χ3v) is 5.15. The molecule has 2 heterocycles. The molecule has 0 unspecified atom stereocenters. The monoisotopic (exact) mass is 408 g/mol. The minimum Gasteiger partial charge on any atom is -0.350 e. The zero-order chi connectivity index (χ0) is 20.9. The molecular weight excluding hydrogens is 376 g/mol. The van der Waals surface area contributed by atoms with Crippen molar-refractivity contribution in [1.82, 2.24) is 20.5 Å². The summed E-state index contributed by atoms with van der Waals surface area (Å²) in [5.74, 6) is 0.413. The van der Waals surface area contributed by atoms with Crippen LogP contribution in [0.3, 0.4) is 0 Å². The Kier molecular flexibility index (Phi) is 7.46. The number of halogens is 1. The van der Waals surface area contributed by atoms with Crippen LogP contribution in [0.5, 0.6) is 0 Å². The Bertz CT molecular complexity index is 688. The number of hydrogen-bond acceptors (Lipinski definition) is 4. The van der Waals surface area contributed by atoms with E-state index in [9.17, 15) is 9.59 Å². The number of aromatic nitrogens is 1. The average molecular weight is 409 g/mol. The van der Waals surface area contributed by atoms with E-state index in [1.165, 1.54) is 0 Å². The van der Waals surface area contributed by atoms with Crippen molar-refractivity contribution in [2.45, 2.75) is 53.0 Å². The summed E-state index contributed by atoms with van der Waals surface area (Å²) in [6.45, 7) is 13.1. The molecule has 0 bridgehead atoms. The highest BCUT2D eigenvalue weighted by molar-refractivity contribution is 6.29. The maximum atomic E-state index is 12.1. The Labute approximate surface area is 173 Å². The molecule has 1 aromatic heterocycles. The Morgan fingerprint density at radius 3 is 2.46 bits per heavy atom. The van der Waals surface area contributed by atoms with Gasteiger partial charge in [-0.1, -0.05) is 31.5 Å². The van der Waals surface area contributed by atoms with E-state index in [2.05, 4.69) is 20.5 Å². The minimum atomic E-state index is -0.183. The van der Waals surface area contributed by atoms with Crippen LogP contribution >= 0.6 is 11.6 Å². The van der Waals surface area contributed by atoms with Gasteiger partial charge in [0.15, 0.2) is 0 Å². The van der Waals surface area contributed by atoms with Gasteiger partial charge in [-0.2, -0.15) is 0 Å². The summed E-state index contributed by atoms with van der Waals surface area (Å²) in [4.78, 5) is 30.3. The standard InChI is InChI=1S/C19H27ClN4O2.C2H6/c1-18(2,3)23-16(25)10-24-11-19(12-24)7-13(8-19)9-21-17(26)14-5-4-6-15(20)22-14;1-2/h4-6,13H,7-12H2,1-3H3,(H,21,26)(H,23,25);1-2H3. The molecule has 1 aliphatic heterocycles. The quantitative estimate of drug-likeness (QED) is 0.734. The van der Waals surface area contributed by atoms with Crippen molar-refractivity contribution >= 4 is 23.4 Å². The first-order valence-electron chi connectivity index (χ1n) is 10.1. The van der Waals surface area contributed by atoms with E-state index in [1.807, 2.05) is 34.6 Å². The normalized spacial score (nSPS) is 18.4. The van der Waals surface area contributed by atoms with Gasteiger partial charge < -0.3 is 10.6 Å². The fourth-order valence-corrected chi connectivity index (χ4v) is 4.27. The summed E-state index contributed by atoms with van der Waals surface area (Å²) in [6.07, 6.45) is 2.21. The van der Waals surface area contributed by atoms with Gasteiger partial charge >= 0.3 is 0 Å². The van der Waals surface area contributed by atoms with Gasteiger partial charge in [0, 0.05) is 25.2 Å². The van der Waals surface area contributed by atoms with E-state index in [4.69, 9.17) is 11.6 Å². The molecule has 2 aliphatic rings. The first-order valence-corrected chi connectivity index (χ1v) is 10.5. The van der Waals surface area contributed by atoms with Crippen LogP contribution in [0.4, 0.5) is 0 Å². The first kappa shape index (κ1) is 22.6. The smallest absolute Gasteiger partial charge is 0.269 e. The van der Waals surface area contributed by atoms with Gasteiger partial charge in [-0.05, 0) is 57.1 Å². The van der Waals surface area contributed by atoms with Crippen molar-refractivity contribution in [2.24, 2.45) is 11.3 Å². The molecule has 2 fully saturated rings. The lowest BCUT2D eigenvalue weighted by atomic mass is 9.57. The fourth-order valence-electron chi connectivity index (χ4n) is 4.10. The number of carbonyl (C=O) groups is 2. The highest BCUT2D eigenvalue weighted by Gasteiger charge is 2.52. The lowest BCUT2D eigenvalue weighted by molar-refractivity contribution is -0.133. The van der Waals surface area contributed by atoms with Gasteiger partial charge in [-0.3, -0.25) is 14.5 Å². The van der Waals surface area contributed by atoms with Crippen LogP contribution in [0, 0.1) is 11.3 Å². The molecule has 1 aliphatic carbocycles. The molecule has 0 aromatic carbocycles. The number of amides is 2. The van der Waals surface area contributed by atoms with E-state index in [-0.39, 0.29) is 17.4 Å².